The lowest BCUT2D eigenvalue weighted by Gasteiger charge is -2.14. The number of carbonyl (C=O) groups excluding carboxylic acids is 1. The number of hydrogen-bond acceptors (Lipinski definition) is 6. The maximum absolute atomic E-state index is 12.6. The molecule has 0 bridgehead atoms. The molecule has 1 N–H and O–H groups in total. The van der Waals surface area contributed by atoms with Crippen molar-refractivity contribution in [2.75, 3.05) is 27.1 Å². The predicted molar refractivity (Wildman–Crippen MR) is 130 cm³/mol. The zero-order chi connectivity index (χ0) is 23.2. The van der Waals surface area contributed by atoms with Gasteiger partial charge in [-0.1, -0.05) is 42.1 Å². The first-order valence-electron chi connectivity index (χ1n) is 10.4. The number of benzene rings is 3. The summed E-state index contributed by atoms with van der Waals surface area (Å²) in [6.45, 7) is 0.339. The van der Waals surface area contributed by atoms with Gasteiger partial charge in [-0.2, -0.15) is 0 Å². The number of rotatable bonds is 9. The second-order valence-electron chi connectivity index (χ2n) is 7.15. The van der Waals surface area contributed by atoms with E-state index in [1.807, 2.05) is 66.7 Å². The number of aromatic nitrogens is 2. The van der Waals surface area contributed by atoms with Crippen molar-refractivity contribution < 1.29 is 19.0 Å². The standard InChI is InChI=1S/C25H25N3O4S/c1-30-21-13-17(14-22(31-2)24(21)32-3)15-26-23(29)16-33-25-27-19-11-7-8-12-20(19)28(25)18-9-5-4-6-10-18/h4-14H,15-16H2,1-3H3,(H,26,29). The zero-order valence-electron chi connectivity index (χ0n) is 18.7. The van der Waals surface area contributed by atoms with Crippen LogP contribution in [-0.4, -0.2) is 42.5 Å². The highest BCUT2D eigenvalue weighted by Gasteiger charge is 2.16. The zero-order valence-corrected chi connectivity index (χ0v) is 19.5. The number of ether oxygens (including phenoxy) is 3. The average Bonchev–Trinajstić information content (AvgIpc) is 3.24. The number of amides is 1. The van der Waals surface area contributed by atoms with Crippen molar-refractivity contribution in [2.24, 2.45) is 0 Å². The molecule has 0 fully saturated rings. The van der Waals surface area contributed by atoms with E-state index in [0.717, 1.165) is 27.4 Å². The molecule has 1 heterocycles. The van der Waals surface area contributed by atoms with Crippen molar-refractivity contribution in [1.82, 2.24) is 14.9 Å². The molecule has 4 aromatic rings. The third-order valence-electron chi connectivity index (χ3n) is 5.09. The van der Waals surface area contributed by atoms with Gasteiger partial charge in [0.25, 0.3) is 0 Å². The maximum atomic E-state index is 12.6. The number of carbonyl (C=O) groups is 1. The van der Waals surface area contributed by atoms with Crippen LogP contribution in [0.1, 0.15) is 5.56 Å². The van der Waals surface area contributed by atoms with E-state index in [1.165, 1.54) is 11.8 Å². The van der Waals surface area contributed by atoms with E-state index in [9.17, 15) is 4.79 Å². The van der Waals surface area contributed by atoms with Gasteiger partial charge in [-0.25, -0.2) is 4.98 Å². The van der Waals surface area contributed by atoms with Crippen molar-refractivity contribution in [3.8, 4) is 22.9 Å². The maximum Gasteiger partial charge on any atom is 0.230 e. The fraction of sp³-hybridized carbons (Fsp3) is 0.200. The Balaban J connectivity index is 1.47. The van der Waals surface area contributed by atoms with E-state index >= 15 is 0 Å². The quantitative estimate of drug-likeness (QED) is 0.370. The normalized spacial score (nSPS) is 10.8. The van der Waals surface area contributed by atoms with Crippen LogP contribution in [0.15, 0.2) is 71.9 Å². The molecular formula is C25H25N3O4S. The summed E-state index contributed by atoms with van der Waals surface area (Å²) >= 11 is 1.40. The van der Waals surface area contributed by atoms with Crippen molar-refractivity contribution in [2.45, 2.75) is 11.7 Å². The molecule has 0 aliphatic carbocycles. The number of nitrogens with zero attached hydrogens (tertiary/aromatic N) is 2. The fourth-order valence-corrected chi connectivity index (χ4v) is 4.40. The van der Waals surface area contributed by atoms with Gasteiger partial charge in [-0.05, 0) is 42.0 Å². The van der Waals surface area contributed by atoms with Crippen LogP contribution in [-0.2, 0) is 11.3 Å². The summed E-state index contributed by atoms with van der Waals surface area (Å²) in [7, 11) is 4.69. The smallest absolute Gasteiger partial charge is 0.230 e. The molecule has 0 aliphatic rings. The third kappa shape index (κ3) is 4.90. The lowest BCUT2D eigenvalue weighted by Crippen LogP contribution is -2.24. The first-order chi connectivity index (χ1) is 16.1. The Bertz CT molecular complexity index is 1230. The van der Waals surface area contributed by atoms with Crippen LogP contribution < -0.4 is 19.5 Å². The first-order valence-corrected chi connectivity index (χ1v) is 11.3. The molecule has 7 nitrogen and oxygen atoms in total. The minimum absolute atomic E-state index is 0.0968. The monoisotopic (exact) mass is 463 g/mol. The number of nitrogens with one attached hydrogen (secondary N) is 1. The van der Waals surface area contributed by atoms with Crippen LogP contribution in [0.3, 0.4) is 0 Å². The molecule has 0 unspecified atom stereocenters. The van der Waals surface area contributed by atoms with Gasteiger partial charge in [-0.3, -0.25) is 9.36 Å². The average molecular weight is 464 g/mol. The summed E-state index contributed by atoms with van der Waals surface area (Å²) in [5.74, 6) is 1.76. The topological polar surface area (TPSA) is 74.6 Å². The molecule has 0 spiro atoms. The Labute approximate surface area is 196 Å². The Morgan fingerprint density at radius 2 is 1.61 bits per heavy atom. The van der Waals surface area contributed by atoms with Gasteiger partial charge in [-0.15, -0.1) is 0 Å². The number of methoxy groups -OCH3 is 3. The lowest BCUT2D eigenvalue weighted by molar-refractivity contribution is -0.118. The molecule has 0 radical (unpaired) electrons. The number of imidazole rings is 1. The largest absolute Gasteiger partial charge is 0.493 e. The van der Waals surface area contributed by atoms with Gasteiger partial charge < -0.3 is 19.5 Å². The molecule has 0 aliphatic heterocycles. The molecule has 1 aromatic heterocycles. The van der Waals surface area contributed by atoms with E-state index < -0.39 is 0 Å². The van der Waals surface area contributed by atoms with Gasteiger partial charge >= 0.3 is 0 Å². The summed E-state index contributed by atoms with van der Waals surface area (Å²) in [5, 5.41) is 3.72. The van der Waals surface area contributed by atoms with Crippen molar-refractivity contribution >= 4 is 28.7 Å². The Kier molecular flexibility index (Phi) is 7.04. The number of para-hydroxylation sites is 3. The van der Waals surface area contributed by atoms with Crippen LogP contribution in [0.2, 0.25) is 0 Å². The van der Waals surface area contributed by atoms with Gasteiger partial charge in [0.1, 0.15) is 0 Å². The SMILES string of the molecule is COc1cc(CNC(=O)CSc2nc3ccccc3n2-c2ccccc2)cc(OC)c1OC. The highest BCUT2D eigenvalue weighted by molar-refractivity contribution is 7.99. The molecule has 0 atom stereocenters. The number of thioether (sulfide) groups is 1. The lowest BCUT2D eigenvalue weighted by atomic mass is 10.2. The summed E-state index contributed by atoms with van der Waals surface area (Å²) in [5.41, 5.74) is 3.75. The van der Waals surface area contributed by atoms with Crippen molar-refractivity contribution in [1.29, 1.82) is 0 Å². The van der Waals surface area contributed by atoms with Crippen molar-refractivity contribution in [3.63, 3.8) is 0 Å². The molecule has 0 saturated heterocycles. The summed E-state index contributed by atoms with van der Waals surface area (Å²) in [4.78, 5) is 17.4. The van der Waals surface area contributed by atoms with Crippen LogP contribution >= 0.6 is 11.8 Å². The second kappa shape index (κ2) is 10.3. The molecule has 8 heteroatoms. The van der Waals surface area contributed by atoms with Gasteiger partial charge in [0.05, 0.1) is 38.1 Å². The highest BCUT2D eigenvalue weighted by atomic mass is 32.2. The third-order valence-corrected chi connectivity index (χ3v) is 6.03. The first kappa shape index (κ1) is 22.5. The van der Waals surface area contributed by atoms with E-state index in [-0.39, 0.29) is 11.7 Å². The molecule has 1 amide bonds. The van der Waals surface area contributed by atoms with Gasteiger partial charge in [0, 0.05) is 12.2 Å². The fourth-order valence-electron chi connectivity index (χ4n) is 3.55. The van der Waals surface area contributed by atoms with Gasteiger partial charge in [0.15, 0.2) is 16.7 Å². The Hall–Kier alpha value is -3.65. The molecule has 170 valence electrons. The van der Waals surface area contributed by atoms with E-state index in [4.69, 9.17) is 19.2 Å². The Morgan fingerprint density at radius 1 is 0.939 bits per heavy atom. The summed E-state index contributed by atoms with van der Waals surface area (Å²) < 4.78 is 18.2. The molecule has 3 aromatic carbocycles. The minimum atomic E-state index is -0.0968. The van der Waals surface area contributed by atoms with Crippen LogP contribution in [0.25, 0.3) is 16.7 Å². The molecule has 0 saturated carbocycles. The minimum Gasteiger partial charge on any atom is -0.493 e. The van der Waals surface area contributed by atoms with Crippen LogP contribution in [0.5, 0.6) is 17.2 Å². The summed E-state index contributed by atoms with van der Waals surface area (Å²) in [6, 6.07) is 21.6. The Morgan fingerprint density at radius 3 is 2.27 bits per heavy atom. The molecule has 4 rings (SSSR count). The van der Waals surface area contributed by atoms with E-state index in [0.29, 0.717) is 23.8 Å². The van der Waals surface area contributed by atoms with Crippen LogP contribution in [0.4, 0.5) is 0 Å². The second-order valence-corrected chi connectivity index (χ2v) is 8.10. The number of hydrogen-bond donors (Lipinski definition) is 1. The van der Waals surface area contributed by atoms with Gasteiger partial charge in [0.2, 0.25) is 11.7 Å². The number of fused-ring (bicyclic) bond motifs is 1. The predicted octanol–water partition coefficient (Wildman–Crippen LogP) is 4.46. The summed E-state index contributed by atoms with van der Waals surface area (Å²) in [6.07, 6.45) is 0. The highest BCUT2D eigenvalue weighted by Crippen LogP contribution is 2.38. The van der Waals surface area contributed by atoms with E-state index in [1.54, 1.807) is 21.3 Å². The molecule has 33 heavy (non-hydrogen) atoms. The van der Waals surface area contributed by atoms with Crippen molar-refractivity contribution in [3.05, 3.63) is 72.3 Å². The molecular weight excluding hydrogens is 438 g/mol. The van der Waals surface area contributed by atoms with Crippen LogP contribution in [0, 0.1) is 0 Å². The van der Waals surface area contributed by atoms with E-state index in [2.05, 4.69) is 9.88 Å².